The van der Waals surface area contributed by atoms with Crippen molar-refractivity contribution in [3.05, 3.63) is 28.4 Å². The molecule has 0 radical (unpaired) electrons. The summed E-state index contributed by atoms with van der Waals surface area (Å²) >= 11 is 3.34. The van der Waals surface area contributed by atoms with Gasteiger partial charge in [-0.25, -0.2) is 0 Å². The molecule has 1 heterocycles. The lowest BCUT2D eigenvalue weighted by Gasteiger charge is -2.07. The topological polar surface area (TPSA) is 87.2 Å². The van der Waals surface area contributed by atoms with Crippen LogP contribution in [0.2, 0.25) is 0 Å². The van der Waals surface area contributed by atoms with Gasteiger partial charge in [-0.1, -0.05) is 29.8 Å². The molecule has 0 fully saturated rings. The molecular weight excluding hydrogens is 338 g/mol. The lowest BCUT2D eigenvalue weighted by atomic mass is 10.2. The van der Waals surface area contributed by atoms with Crippen molar-refractivity contribution in [1.82, 2.24) is 9.78 Å². The summed E-state index contributed by atoms with van der Waals surface area (Å²) in [7, 11) is 0. The fourth-order valence-electron chi connectivity index (χ4n) is 1.88. The second kappa shape index (κ2) is 6.26. The highest BCUT2D eigenvalue weighted by Gasteiger charge is 2.17. The van der Waals surface area contributed by atoms with Crippen LogP contribution in [-0.4, -0.2) is 28.3 Å². The SMILES string of the molecule is CC(C)COC(=O)Cn1nc(C(N)=O)c2cc(Br)ccc21. The van der Waals surface area contributed by atoms with Crippen molar-refractivity contribution in [2.24, 2.45) is 11.7 Å². The van der Waals surface area contributed by atoms with Gasteiger partial charge in [0.2, 0.25) is 0 Å². The highest BCUT2D eigenvalue weighted by Crippen LogP contribution is 2.23. The highest BCUT2D eigenvalue weighted by molar-refractivity contribution is 9.10. The fraction of sp³-hybridized carbons (Fsp3) is 0.357. The van der Waals surface area contributed by atoms with Gasteiger partial charge in [-0.15, -0.1) is 0 Å². The molecule has 0 saturated carbocycles. The van der Waals surface area contributed by atoms with Crippen molar-refractivity contribution >= 4 is 38.7 Å². The van der Waals surface area contributed by atoms with Gasteiger partial charge in [0, 0.05) is 9.86 Å². The third kappa shape index (κ3) is 3.60. The Balaban J connectivity index is 2.32. The Morgan fingerprint density at radius 3 is 2.76 bits per heavy atom. The molecular formula is C14H16BrN3O3. The molecule has 0 aliphatic rings. The summed E-state index contributed by atoms with van der Waals surface area (Å²) in [5, 5.41) is 4.72. The molecule has 2 N–H and O–H groups in total. The zero-order valence-electron chi connectivity index (χ0n) is 11.8. The zero-order chi connectivity index (χ0) is 15.6. The molecule has 2 rings (SSSR count). The van der Waals surface area contributed by atoms with Crippen molar-refractivity contribution in [2.45, 2.75) is 20.4 Å². The van der Waals surface area contributed by atoms with E-state index in [2.05, 4.69) is 21.0 Å². The van der Waals surface area contributed by atoms with E-state index in [-0.39, 0.29) is 18.2 Å². The van der Waals surface area contributed by atoms with E-state index in [9.17, 15) is 9.59 Å². The molecule has 21 heavy (non-hydrogen) atoms. The molecule has 0 bridgehead atoms. The van der Waals surface area contributed by atoms with E-state index in [1.165, 1.54) is 4.68 Å². The molecule has 0 aliphatic heterocycles. The smallest absolute Gasteiger partial charge is 0.327 e. The van der Waals surface area contributed by atoms with Gasteiger partial charge < -0.3 is 10.5 Å². The molecule has 112 valence electrons. The Kier molecular flexibility index (Phi) is 4.62. The van der Waals surface area contributed by atoms with Gasteiger partial charge in [-0.3, -0.25) is 14.3 Å². The first-order valence-corrected chi connectivity index (χ1v) is 7.29. The van der Waals surface area contributed by atoms with Crippen molar-refractivity contribution < 1.29 is 14.3 Å². The Hall–Kier alpha value is -1.89. The van der Waals surface area contributed by atoms with E-state index in [1.54, 1.807) is 12.1 Å². The molecule has 1 amide bonds. The number of carbonyl (C=O) groups excluding carboxylic acids is 2. The molecule has 1 aromatic heterocycles. The minimum atomic E-state index is -0.632. The van der Waals surface area contributed by atoms with Crippen LogP contribution in [-0.2, 0) is 16.1 Å². The third-order valence-electron chi connectivity index (χ3n) is 2.80. The summed E-state index contributed by atoms with van der Waals surface area (Å²) in [5.41, 5.74) is 6.13. The van der Waals surface area contributed by atoms with Crippen molar-refractivity contribution in [1.29, 1.82) is 0 Å². The second-order valence-electron chi connectivity index (χ2n) is 5.11. The van der Waals surface area contributed by atoms with Gasteiger partial charge >= 0.3 is 5.97 Å². The Morgan fingerprint density at radius 1 is 1.43 bits per heavy atom. The van der Waals surface area contributed by atoms with E-state index in [1.807, 2.05) is 19.9 Å². The van der Waals surface area contributed by atoms with Crippen molar-refractivity contribution in [2.75, 3.05) is 6.61 Å². The summed E-state index contributed by atoms with van der Waals surface area (Å²) in [6.07, 6.45) is 0. The van der Waals surface area contributed by atoms with Gasteiger partial charge in [0.1, 0.15) is 6.54 Å². The standard InChI is InChI=1S/C14H16BrN3O3/c1-8(2)7-21-12(19)6-18-11-4-3-9(15)5-10(11)13(17-18)14(16)20/h3-5,8H,6-7H2,1-2H3,(H2,16,20). The first kappa shape index (κ1) is 15.5. The molecule has 0 saturated heterocycles. The molecule has 0 spiro atoms. The third-order valence-corrected chi connectivity index (χ3v) is 3.30. The number of primary amides is 1. The normalized spacial score (nSPS) is 11.0. The van der Waals surface area contributed by atoms with E-state index >= 15 is 0 Å². The van der Waals surface area contributed by atoms with Crippen LogP contribution in [0.5, 0.6) is 0 Å². The lowest BCUT2D eigenvalue weighted by molar-refractivity contribution is -0.145. The van der Waals surface area contributed by atoms with Gasteiger partial charge in [0.05, 0.1) is 12.1 Å². The second-order valence-corrected chi connectivity index (χ2v) is 6.02. The number of fused-ring (bicyclic) bond motifs is 1. The molecule has 7 heteroatoms. The van der Waals surface area contributed by atoms with Crippen LogP contribution in [0.1, 0.15) is 24.3 Å². The maximum Gasteiger partial charge on any atom is 0.327 e. The number of aromatic nitrogens is 2. The number of nitrogens with two attached hydrogens (primary N) is 1. The van der Waals surface area contributed by atoms with E-state index in [0.29, 0.717) is 17.5 Å². The van der Waals surface area contributed by atoms with Gasteiger partial charge in [-0.05, 0) is 24.1 Å². The number of rotatable bonds is 5. The first-order valence-electron chi connectivity index (χ1n) is 6.50. The largest absolute Gasteiger partial charge is 0.464 e. The van der Waals surface area contributed by atoms with Crippen molar-refractivity contribution in [3.63, 3.8) is 0 Å². The number of ether oxygens (including phenoxy) is 1. The van der Waals surface area contributed by atoms with Crippen LogP contribution in [0.3, 0.4) is 0 Å². The number of halogens is 1. The molecule has 0 aliphatic carbocycles. The molecule has 6 nitrogen and oxygen atoms in total. The minimum absolute atomic E-state index is 0.0574. The van der Waals surface area contributed by atoms with Gasteiger partial charge in [-0.2, -0.15) is 5.10 Å². The number of nitrogens with zero attached hydrogens (tertiary/aromatic N) is 2. The first-order chi connectivity index (χ1) is 9.88. The van der Waals surface area contributed by atoms with Crippen LogP contribution in [0.4, 0.5) is 0 Å². The van der Waals surface area contributed by atoms with Crippen LogP contribution in [0, 0.1) is 5.92 Å². The minimum Gasteiger partial charge on any atom is -0.464 e. The number of hydrogen-bond acceptors (Lipinski definition) is 4. The van der Waals surface area contributed by atoms with E-state index < -0.39 is 11.9 Å². The van der Waals surface area contributed by atoms with Gasteiger partial charge in [0.25, 0.3) is 5.91 Å². The fourth-order valence-corrected chi connectivity index (χ4v) is 2.24. The predicted octanol–water partition coefficient (Wildman–Crippen LogP) is 2.10. The van der Waals surface area contributed by atoms with E-state index in [0.717, 1.165) is 4.47 Å². The summed E-state index contributed by atoms with van der Waals surface area (Å²) in [6.45, 7) is 4.21. The Labute approximate surface area is 130 Å². The van der Waals surface area contributed by atoms with Crippen molar-refractivity contribution in [3.8, 4) is 0 Å². The summed E-state index contributed by atoms with van der Waals surface area (Å²) in [5.74, 6) is -0.764. The molecule has 0 atom stereocenters. The average Bonchev–Trinajstić information content (AvgIpc) is 2.74. The number of esters is 1. The molecule has 0 unspecified atom stereocenters. The number of hydrogen-bond donors (Lipinski definition) is 1. The summed E-state index contributed by atoms with van der Waals surface area (Å²) in [6, 6.07) is 5.33. The molecule has 2 aromatic rings. The lowest BCUT2D eigenvalue weighted by Crippen LogP contribution is -2.18. The number of carbonyl (C=O) groups is 2. The van der Waals surface area contributed by atoms with Crippen LogP contribution in [0.15, 0.2) is 22.7 Å². The van der Waals surface area contributed by atoms with Crippen LogP contribution < -0.4 is 5.73 Å². The maximum atomic E-state index is 11.8. The van der Waals surface area contributed by atoms with Crippen LogP contribution >= 0.6 is 15.9 Å². The van der Waals surface area contributed by atoms with Crippen LogP contribution in [0.25, 0.3) is 10.9 Å². The zero-order valence-corrected chi connectivity index (χ0v) is 13.4. The predicted molar refractivity (Wildman–Crippen MR) is 81.7 cm³/mol. The Morgan fingerprint density at radius 2 is 2.14 bits per heavy atom. The maximum absolute atomic E-state index is 11.8. The average molecular weight is 354 g/mol. The summed E-state index contributed by atoms with van der Waals surface area (Å²) in [4.78, 5) is 23.3. The number of benzene rings is 1. The summed E-state index contributed by atoms with van der Waals surface area (Å²) < 4.78 is 7.36. The number of amides is 1. The van der Waals surface area contributed by atoms with Gasteiger partial charge in [0.15, 0.2) is 5.69 Å². The van der Waals surface area contributed by atoms with E-state index in [4.69, 9.17) is 10.5 Å². The monoisotopic (exact) mass is 353 g/mol. The quantitative estimate of drug-likeness (QED) is 0.833. The highest BCUT2D eigenvalue weighted by atomic mass is 79.9. The molecule has 1 aromatic carbocycles. The Bertz CT molecular complexity index is 694.